The number of anilines is 1. The summed E-state index contributed by atoms with van der Waals surface area (Å²) in [5.74, 6) is -0.146. The van der Waals surface area contributed by atoms with Crippen molar-refractivity contribution in [1.82, 2.24) is 24.5 Å². The molecule has 1 amide bonds. The van der Waals surface area contributed by atoms with E-state index < -0.39 is 11.2 Å². The average molecular weight is 481 g/mol. The van der Waals surface area contributed by atoms with Crippen molar-refractivity contribution in [3.05, 3.63) is 85.3 Å². The second-order valence-electron chi connectivity index (χ2n) is 7.76. The highest BCUT2D eigenvalue weighted by molar-refractivity contribution is 6.30. The molecular formula is C23H21ClN6O4. The summed E-state index contributed by atoms with van der Waals surface area (Å²) in [7, 11) is 1.35. The summed E-state index contributed by atoms with van der Waals surface area (Å²) in [4.78, 5) is 41.8. The maximum atomic E-state index is 12.7. The molecule has 0 bridgehead atoms. The van der Waals surface area contributed by atoms with Crippen LogP contribution in [0.2, 0.25) is 5.02 Å². The van der Waals surface area contributed by atoms with Gasteiger partial charge in [-0.1, -0.05) is 34.5 Å². The van der Waals surface area contributed by atoms with Gasteiger partial charge in [-0.25, -0.2) is 4.79 Å². The molecule has 4 aromatic rings. The average Bonchev–Trinajstić information content (AvgIpc) is 3.28. The molecule has 34 heavy (non-hydrogen) atoms. The van der Waals surface area contributed by atoms with Crippen molar-refractivity contribution in [2.24, 2.45) is 7.05 Å². The van der Waals surface area contributed by atoms with Crippen LogP contribution in [0.25, 0.3) is 17.2 Å². The van der Waals surface area contributed by atoms with E-state index in [0.29, 0.717) is 16.4 Å². The SMILES string of the molecule is Cc1ccc(-n2nc(-c3noc(CCC(=O)Nc4ccc(Cl)cc4C)n3)c(=O)n(C)c2=O)cc1. The lowest BCUT2D eigenvalue weighted by molar-refractivity contribution is -0.116. The van der Waals surface area contributed by atoms with E-state index in [0.717, 1.165) is 20.4 Å². The van der Waals surface area contributed by atoms with Crippen LogP contribution in [-0.2, 0) is 18.3 Å². The van der Waals surface area contributed by atoms with E-state index in [9.17, 15) is 14.4 Å². The van der Waals surface area contributed by atoms with Crippen molar-refractivity contribution in [2.75, 3.05) is 5.32 Å². The zero-order chi connectivity index (χ0) is 24.4. The van der Waals surface area contributed by atoms with Crippen LogP contribution in [0.5, 0.6) is 0 Å². The van der Waals surface area contributed by atoms with Crippen LogP contribution in [0.4, 0.5) is 5.69 Å². The van der Waals surface area contributed by atoms with Gasteiger partial charge in [0.15, 0.2) is 5.69 Å². The number of hydrogen-bond donors (Lipinski definition) is 1. The Morgan fingerprint density at radius 3 is 2.56 bits per heavy atom. The number of aromatic nitrogens is 5. The Morgan fingerprint density at radius 2 is 1.85 bits per heavy atom. The van der Waals surface area contributed by atoms with Crippen molar-refractivity contribution >= 4 is 23.2 Å². The first kappa shape index (κ1) is 23.1. The molecule has 0 fully saturated rings. The molecule has 2 heterocycles. The summed E-state index contributed by atoms with van der Waals surface area (Å²) in [6.07, 6.45) is 0.237. The first-order chi connectivity index (χ1) is 16.2. The summed E-state index contributed by atoms with van der Waals surface area (Å²) >= 11 is 5.94. The number of hydrogen-bond acceptors (Lipinski definition) is 7. The Hall–Kier alpha value is -4.05. The Bertz CT molecular complexity index is 1490. The lowest BCUT2D eigenvalue weighted by Crippen LogP contribution is -2.40. The molecule has 0 radical (unpaired) electrons. The molecule has 10 nitrogen and oxygen atoms in total. The monoisotopic (exact) mass is 480 g/mol. The van der Waals surface area contributed by atoms with E-state index in [1.54, 1.807) is 30.3 Å². The van der Waals surface area contributed by atoms with Gasteiger partial charge in [-0.3, -0.25) is 14.2 Å². The quantitative estimate of drug-likeness (QED) is 0.449. The number of nitrogens with zero attached hydrogens (tertiary/aromatic N) is 5. The van der Waals surface area contributed by atoms with Crippen LogP contribution in [0.1, 0.15) is 23.4 Å². The predicted molar refractivity (Wildman–Crippen MR) is 126 cm³/mol. The fraction of sp³-hybridized carbons (Fsp3) is 0.217. The maximum Gasteiger partial charge on any atom is 0.351 e. The summed E-state index contributed by atoms with van der Waals surface area (Å²) in [6, 6.07) is 12.3. The number of amides is 1. The molecule has 0 saturated heterocycles. The van der Waals surface area contributed by atoms with Crippen LogP contribution in [0.3, 0.4) is 0 Å². The van der Waals surface area contributed by atoms with Crippen LogP contribution in [-0.4, -0.2) is 30.4 Å². The number of nitrogens with one attached hydrogen (secondary N) is 1. The van der Waals surface area contributed by atoms with Gasteiger partial charge in [0, 0.05) is 30.6 Å². The van der Waals surface area contributed by atoms with E-state index in [1.165, 1.54) is 7.05 Å². The van der Waals surface area contributed by atoms with Gasteiger partial charge in [0.1, 0.15) is 0 Å². The highest BCUT2D eigenvalue weighted by Crippen LogP contribution is 2.20. The second kappa shape index (κ2) is 9.44. The van der Waals surface area contributed by atoms with Gasteiger partial charge < -0.3 is 9.84 Å². The zero-order valence-electron chi connectivity index (χ0n) is 18.7. The molecule has 0 aliphatic rings. The molecule has 0 atom stereocenters. The van der Waals surface area contributed by atoms with Gasteiger partial charge in [-0.05, 0) is 49.7 Å². The van der Waals surface area contributed by atoms with Crippen molar-refractivity contribution in [3.63, 3.8) is 0 Å². The van der Waals surface area contributed by atoms with Gasteiger partial charge in [-0.15, -0.1) is 0 Å². The Labute approximate surface area is 198 Å². The zero-order valence-corrected chi connectivity index (χ0v) is 19.5. The summed E-state index contributed by atoms with van der Waals surface area (Å²) in [5, 5.41) is 11.4. The fourth-order valence-corrected chi connectivity index (χ4v) is 3.45. The maximum absolute atomic E-state index is 12.7. The summed E-state index contributed by atoms with van der Waals surface area (Å²) < 4.78 is 7.25. The molecule has 0 aliphatic carbocycles. The molecule has 0 unspecified atom stereocenters. The molecule has 0 spiro atoms. The summed E-state index contributed by atoms with van der Waals surface area (Å²) in [5.41, 5.74) is 1.61. The normalized spacial score (nSPS) is 10.9. The smallest absolute Gasteiger partial charge is 0.339 e. The molecular weight excluding hydrogens is 460 g/mol. The van der Waals surface area contributed by atoms with Crippen molar-refractivity contribution in [2.45, 2.75) is 26.7 Å². The Morgan fingerprint density at radius 1 is 1.12 bits per heavy atom. The molecule has 174 valence electrons. The third-order valence-corrected chi connectivity index (χ3v) is 5.40. The van der Waals surface area contributed by atoms with Crippen LogP contribution < -0.4 is 16.6 Å². The topological polar surface area (TPSA) is 125 Å². The van der Waals surface area contributed by atoms with Crippen LogP contribution in [0, 0.1) is 13.8 Å². The van der Waals surface area contributed by atoms with Gasteiger partial charge in [0.2, 0.25) is 17.6 Å². The Balaban J connectivity index is 1.53. The van der Waals surface area contributed by atoms with E-state index >= 15 is 0 Å². The van der Waals surface area contributed by atoms with Crippen molar-refractivity contribution < 1.29 is 9.32 Å². The third-order valence-electron chi connectivity index (χ3n) is 5.16. The number of carbonyl (C=O) groups excluding carboxylic acids is 1. The minimum atomic E-state index is -0.656. The molecule has 0 aliphatic heterocycles. The van der Waals surface area contributed by atoms with E-state index in [1.807, 2.05) is 26.0 Å². The standard InChI is InChI=1S/C23H21ClN6O4/c1-13-4-7-16(8-5-13)30-23(33)29(3)22(32)20(27-30)21-26-19(34-28-21)11-10-18(31)25-17-9-6-15(24)12-14(17)2/h4-9,12H,10-11H2,1-3H3,(H,25,31). The van der Waals surface area contributed by atoms with Crippen LogP contribution >= 0.6 is 11.6 Å². The minimum Gasteiger partial charge on any atom is -0.339 e. The number of rotatable bonds is 6. The third kappa shape index (κ3) is 4.81. The van der Waals surface area contributed by atoms with Crippen molar-refractivity contribution in [1.29, 1.82) is 0 Å². The van der Waals surface area contributed by atoms with Gasteiger partial charge in [-0.2, -0.15) is 14.8 Å². The number of benzene rings is 2. The lowest BCUT2D eigenvalue weighted by Gasteiger charge is -2.08. The molecule has 4 rings (SSSR count). The largest absolute Gasteiger partial charge is 0.351 e. The van der Waals surface area contributed by atoms with E-state index in [4.69, 9.17) is 16.1 Å². The number of aryl methyl sites for hydroxylation is 3. The lowest BCUT2D eigenvalue weighted by atomic mass is 10.2. The highest BCUT2D eigenvalue weighted by Gasteiger charge is 2.19. The summed E-state index contributed by atoms with van der Waals surface area (Å²) in [6.45, 7) is 3.76. The van der Waals surface area contributed by atoms with Gasteiger partial charge >= 0.3 is 5.69 Å². The fourth-order valence-electron chi connectivity index (χ4n) is 3.22. The van der Waals surface area contributed by atoms with Gasteiger partial charge in [0.25, 0.3) is 5.56 Å². The van der Waals surface area contributed by atoms with E-state index in [-0.39, 0.29) is 36.2 Å². The molecule has 1 N–H and O–H groups in total. The highest BCUT2D eigenvalue weighted by atomic mass is 35.5. The number of halogens is 1. The molecule has 11 heteroatoms. The second-order valence-corrected chi connectivity index (χ2v) is 8.20. The predicted octanol–water partition coefficient (Wildman–Crippen LogP) is 2.82. The van der Waals surface area contributed by atoms with Crippen molar-refractivity contribution in [3.8, 4) is 17.2 Å². The molecule has 2 aromatic carbocycles. The van der Waals surface area contributed by atoms with E-state index in [2.05, 4.69) is 20.6 Å². The number of carbonyl (C=O) groups is 1. The van der Waals surface area contributed by atoms with Crippen LogP contribution in [0.15, 0.2) is 56.6 Å². The first-order valence-corrected chi connectivity index (χ1v) is 10.8. The molecule has 2 aromatic heterocycles. The minimum absolute atomic E-state index is 0.0644. The Kier molecular flexibility index (Phi) is 6.42. The van der Waals surface area contributed by atoms with Gasteiger partial charge in [0.05, 0.1) is 5.69 Å². The first-order valence-electron chi connectivity index (χ1n) is 10.4. The molecule has 0 saturated carbocycles.